The van der Waals surface area contributed by atoms with Crippen LogP contribution in [-0.2, 0) is 12.8 Å². The molecule has 0 atom stereocenters. The third-order valence-electron chi connectivity index (χ3n) is 22.9. The minimum Gasteiger partial charge on any atom is -0.291 e. The van der Waals surface area contributed by atoms with E-state index in [1.165, 1.54) is 358 Å². The molecule has 0 bridgehead atoms. The molecule has 0 radical (unpaired) electrons. The summed E-state index contributed by atoms with van der Waals surface area (Å²) >= 11 is 0. The number of unbranched alkanes of at least 4 members (excludes halogenated alkanes) is 45. The average molecular weight is 1610 g/mol. The second kappa shape index (κ2) is 54.6. The van der Waals surface area contributed by atoms with E-state index in [1.807, 2.05) is 5.56 Å². The lowest BCUT2D eigenvalue weighted by molar-refractivity contribution is 0.250. The molecule has 1 nitrogen and oxygen atoms in total. The Morgan fingerprint density at radius 2 is 0.366 bits per heavy atom. The Hall–Kier alpha value is -5.28. The van der Waals surface area contributed by atoms with E-state index in [0.29, 0.717) is 0 Å². The molecule has 0 aromatic heterocycles. The first-order valence-electron chi connectivity index (χ1n) is 43.1. The first-order valence-corrected chi connectivity index (χ1v) is 43.1. The standard InChI is InChI=1S/C66H128N.C24BF20/c1-6-11-16-21-26-27-28-29-30-31-32-33-34-35-36-37-38-39-40-41-42-43-44-45-50-55-63-67(61-53-48-24-19-14-9-4,62-54-49-25-20-15-10-5)66-60-56-58-64(57-51-46-22-17-12-7-2)65(66)59-52-47-23-18-13-8-3;26-5-1(6(27)14(35)21(42)13(5)34)25(2-7(28)15(36)22(43)16(37)8(2)29,3-9(30)17(38)23(44)18(39)10(3)31)4-11(32)19(40)24(45)20(41)12(4)33/h56,58,60H,6-55,57,59,61-63H2,1-5H3;/q+1;-1. The Morgan fingerprint density at radius 3 is 0.571 bits per heavy atom. The summed E-state index contributed by atoms with van der Waals surface area (Å²) in [5, 5.41) is 0. The predicted molar refractivity (Wildman–Crippen MR) is 419 cm³/mol. The molecular weight excluding hydrogens is 1490 g/mol. The molecule has 0 unspecified atom stereocenters. The Bertz CT molecular complexity index is 3110. The highest BCUT2D eigenvalue weighted by molar-refractivity contribution is 7.20. The van der Waals surface area contributed by atoms with Crippen molar-refractivity contribution in [1.29, 1.82) is 0 Å². The zero-order valence-electron chi connectivity index (χ0n) is 67.7. The number of hydrogen-bond donors (Lipinski definition) is 0. The van der Waals surface area contributed by atoms with Gasteiger partial charge in [0.25, 0.3) is 0 Å². The molecule has 0 amide bonds. The van der Waals surface area contributed by atoms with E-state index in [4.69, 9.17) is 0 Å². The van der Waals surface area contributed by atoms with E-state index in [1.54, 1.807) is 11.3 Å². The van der Waals surface area contributed by atoms with Crippen molar-refractivity contribution in [2.45, 2.75) is 369 Å². The van der Waals surface area contributed by atoms with Gasteiger partial charge in [0.15, 0.2) is 69.8 Å². The highest BCUT2D eigenvalue weighted by Crippen LogP contribution is 2.37. The highest BCUT2D eigenvalue weighted by atomic mass is 19.2. The van der Waals surface area contributed by atoms with Crippen molar-refractivity contribution in [3.8, 4) is 0 Å². The maximum Gasteiger partial charge on any atom is 0.200 e. The molecule has 0 aliphatic rings. The van der Waals surface area contributed by atoms with Crippen molar-refractivity contribution in [3.63, 3.8) is 0 Å². The van der Waals surface area contributed by atoms with Crippen LogP contribution < -0.4 is 26.3 Å². The van der Waals surface area contributed by atoms with Gasteiger partial charge in [-0.15, -0.1) is 21.9 Å². The van der Waals surface area contributed by atoms with Gasteiger partial charge in [-0.2, -0.15) is 0 Å². The predicted octanol–water partition coefficient (Wildman–Crippen LogP) is 29.5. The van der Waals surface area contributed by atoms with Crippen LogP contribution in [-0.4, -0.2) is 25.8 Å². The number of halogens is 20. The Balaban J connectivity index is 0.000000507. The summed E-state index contributed by atoms with van der Waals surface area (Å²) in [6.45, 7) is 15.9. The molecule has 0 saturated heterocycles. The van der Waals surface area contributed by atoms with Gasteiger partial charge in [-0.3, -0.25) is 4.48 Å². The molecular formula is C90H128BF20N. The summed E-state index contributed by atoms with van der Waals surface area (Å²) in [6.07, 6.45) is 67.5. The minimum absolute atomic E-state index is 1.30. The van der Waals surface area contributed by atoms with Gasteiger partial charge in [0.2, 0.25) is 0 Å². The SMILES string of the molecule is CCCCCCCCCCCCCCCCCCCCCCCCCCCC[N+](CCCCCCCC)(CCCCCCCC)c1cccc(CCCCCCCC)c1CCCCCCCC.Fc1c(F)c(F)c([B-](c2c(F)c(F)c(F)c(F)c2F)(c2c(F)c(F)c(F)c(F)c2F)c2c(F)c(F)c(F)c(F)c2F)c(F)c1F. The minimum atomic E-state index is -7.22. The smallest absolute Gasteiger partial charge is 0.200 e. The fourth-order valence-corrected chi connectivity index (χ4v) is 16.5. The number of nitrogens with zero attached hydrogens (tertiary/aromatic N) is 1. The van der Waals surface area contributed by atoms with Gasteiger partial charge in [0.1, 0.15) is 58.4 Å². The molecule has 0 heterocycles. The fourth-order valence-electron chi connectivity index (χ4n) is 16.5. The fraction of sp³-hybridized carbons (Fsp3) is 0.667. The van der Waals surface area contributed by atoms with Crippen LogP contribution in [0.25, 0.3) is 0 Å². The van der Waals surface area contributed by atoms with Crippen LogP contribution in [0.15, 0.2) is 18.2 Å². The first kappa shape index (κ1) is 99.1. The molecule has 22 heteroatoms. The molecule has 0 aliphatic heterocycles. The van der Waals surface area contributed by atoms with Gasteiger partial charge in [0, 0.05) is 5.56 Å². The van der Waals surface area contributed by atoms with Crippen molar-refractivity contribution in [1.82, 2.24) is 4.48 Å². The molecule has 0 N–H and O–H groups in total. The van der Waals surface area contributed by atoms with E-state index in [-0.39, 0.29) is 0 Å². The van der Waals surface area contributed by atoms with E-state index in [2.05, 4.69) is 52.8 Å². The first-order chi connectivity index (χ1) is 53.9. The third kappa shape index (κ3) is 28.8. The van der Waals surface area contributed by atoms with Crippen molar-refractivity contribution < 1.29 is 87.8 Å². The van der Waals surface area contributed by atoms with Crippen LogP contribution in [0.3, 0.4) is 0 Å². The summed E-state index contributed by atoms with van der Waals surface area (Å²) in [5.41, 5.74) is -8.99. The van der Waals surface area contributed by atoms with Crippen molar-refractivity contribution in [3.05, 3.63) is 146 Å². The van der Waals surface area contributed by atoms with Gasteiger partial charge in [-0.1, -0.05) is 316 Å². The molecule has 5 rings (SSSR count). The quantitative estimate of drug-likeness (QED) is 0.00909. The van der Waals surface area contributed by atoms with Gasteiger partial charge in [0.05, 0.1) is 19.6 Å². The van der Waals surface area contributed by atoms with Crippen LogP contribution in [0.5, 0.6) is 0 Å². The number of benzene rings is 5. The third-order valence-corrected chi connectivity index (χ3v) is 22.9. The Kier molecular flexibility index (Phi) is 48.3. The summed E-state index contributed by atoms with van der Waals surface area (Å²) in [4.78, 5) is 0. The second-order valence-corrected chi connectivity index (χ2v) is 31.4. The Labute approximate surface area is 657 Å². The van der Waals surface area contributed by atoms with Gasteiger partial charge in [-0.25, -0.2) is 87.8 Å². The summed E-state index contributed by atoms with van der Waals surface area (Å²) < 4.78 is 295. The summed E-state index contributed by atoms with van der Waals surface area (Å²) in [7, 11) is 0. The number of aryl methyl sites for hydroxylation is 1. The van der Waals surface area contributed by atoms with Crippen molar-refractivity contribution >= 4 is 33.7 Å². The van der Waals surface area contributed by atoms with E-state index < -0.39 is 144 Å². The largest absolute Gasteiger partial charge is 0.291 e. The lowest BCUT2D eigenvalue weighted by Crippen LogP contribution is -2.81. The zero-order valence-corrected chi connectivity index (χ0v) is 67.7. The molecule has 0 aliphatic carbocycles. The highest BCUT2D eigenvalue weighted by Gasteiger charge is 2.52. The molecule has 5 aromatic carbocycles. The van der Waals surface area contributed by atoms with Crippen LogP contribution in [0.1, 0.15) is 367 Å². The number of hydrogen-bond acceptors (Lipinski definition) is 0. The molecule has 112 heavy (non-hydrogen) atoms. The topological polar surface area (TPSA) is 0 Å². The van der Waals surface area contributed by atoms with E-state index >= 15 is 35.1 Å². The maximum atomic E-state index is 15.4. The van der Waals surface area contributed by atoms with Gasteiger partial charge in [-0.05, 0) is 75.8 Å². The van der Waals surface area contributed by atoms with E-state index in [0.717, 1.165) is 0 Å². The average Bonchev–Trinajstić information content (AvgIpc) is 0.681. The normalized spacial score (nSPS) is 12.0. The lowest BCUT2D eigenvalue weighted by Gasteiger charge is -2.44. The van der Waals surface area contributed by atoms with Crippen molar-refractivity contribution in [2.24, 2.45) is 0 Å². The lowest BCUT2D eigenvalue weighted by atomic mass is 9.12. The van der Waals surface area contributed by atoms with Crippen LogP contribution in [0.2, 0.25) is 0 Å². The molecule has 636 valence electrons. The van der Waals surface area contributed by atoms with Crippen LogP contribution >= 0.6 is 0 Å². The number of quaternary nitrogens is 1. The maximum absolute atomic E-state index is 15.4. The van der Waals surface area contributed by atoms with Crippen molar-refractivity contribution in [2.75, 3.05) is 19.6 Å². The monoisotopic (exact) mass is 1610 g/mol. The summed E-state index contributed by atoms with van der Waals surface area (Å²) in [6, 6.07) is 7.77. The second-order valence-electron chi connectivity index (χ2n) is 31.4. The molecule has 0 fully saturated rings. The Morgan fingerprint density at radius 1 is 0.196 bits per heavy atom. The molecule has 0 spiro atoms. The van der Waals surface area contributed by atoms with Gasteiger partial charge >= 0.3 is 0 Å². The van der Waals surface area contributed by atoms with Crippen LogP contribution in [0.4, 0.5) is 93.5 Å². The van der Waals surface area contributed by atoms with Gasteiger partial charge < -0.3 is 0 Å². The van der Waals surface area contributed by atoms with Crippen LogP contribution in [0, 0.1) is 116 Å². The molecule has 0 saturated carbocycles. The molecule has 5 aromatic rings. The summed E-state index contributed by atoms with van der Waals surface area (Å²) in [5.74, 6) is -71.4. The number of rotatable bonds is 60. The zero-order chi connectivity index (χ0) is 82.6. The van der Waals surface area contributed by atoms with E-state index in [9.17, 15) is 52.7 Å².